The van der Waals surface area contributed by atoms with E-state index in [4.69, 9.17) is 9.72 Å². The summed E-state index contributed by atoms with van der Waals surface area (Å²) >= 11 is 0. The summed E-state index contributed by atoms with van der Waals surface area (Å²) in [7, 11) is -3.57. The smallest absolute Gasteiger partial charge is 0.243 e. The molecule has 2 saturated heterocycles. The maximum atomic E-state index is 13.3. The third-order valence-corrected chi connectivity index (χ3v) is 8.02. The largest absolute Gasteiger partial charge is 0.493 e. The summed E-state index contributed by atoms with van der Waals surface area (Å²) in [5.74, 6) is 2.43. The van der Waals surface area contributed by atoms with E-state index >= 15 is 0 Å². The molecule has 2 aromatic rings. The van der Waals surface area contributed by atoms with Crippen molar-refractivity contribution in [3.05, 3.63) is 35.0 Å². The van der Waals surface area contributed by atoms with Crippen LogP contribution in [0.3, 0.4) is 0 Å². The first-order chi connectivity index (χ1) is 15.3. The summed E-state index contributed by atoms with van der Waals surface area (Å²) in [5.41, 5.74) is 2.62. The number of nitrogens with zero attached hydrogens (tertiary/aromatic N) is 5. The molecule has 2 aliphatic rings. The fourth-order valence-electron chi connectivity index (χ4n) is 4.50. The fourth-order valence-corrected chi connectivity index (χ4v) is 6.09. The maximum absolute atomic E-state index is 13.3. The molecule has 8 nitrogen and oxygen atoms in total. The topological polar surface area (TPSA) is 78.9 Å². The summed E-state index contributed by atoms with van der Waals surface area (Å²) in [5, 5.41) is 0. The Morgan fingerprint density at radius 3 is 2.09 bits per heavy atom. The van der Waals surface area contributed by atoms with Crippen molar-refractivity contribution >= 4 is 21.8 Å². The average Bonchev–Trinajstić information content (AvgIpc) is 3.31. The van der Waals surface area contributed by atoms with E-state index < -0.39 is 10.0 Å². The second-order valence-electron chi connectivity index (χ2n) is 8.57. The van der Waals surface area contributed by atoms with Crippen LogP contribution in [-0.2, 0) is 10.0 Å². The van der Waals surface area contributed by atoms with Gasteiger partial charge in [-0.05, 0) is 63.8 Å². The molecule has 4 rings (SSSR count). The number of hydrogen-bond acceptors (Lipinski definition) is 7. The summed E-state index contributed by atoms with van der Waals surface area (Å²) in [4.78, 5) is 14.1. The first-order valence-corrected chi connectivity index (χ1v) is 12.8. The van der Waals surface area contributed by atoms with Crippen LogP contribution in [0.2, 0.25) is 0 Å². The minimum absolute atomic E-state index is 0.326. The van der Waals surface area contributed by atoms with Gasteiger partial charge in [0.05, 0.1) is 11.5 Å². The van der Waals surface area contributed by atoms with Gasteiger partial charge < -0.3 is 14.5 Å². The molecule has 32 heavy (non-hydrogen) atoms. The van der Waals surface area contributed by atoms with Crippen LogP contribution >= 0.6 is 0 Å². The average molecular weight is 460 g/mol. The quantitative estimate of drug-likeness (QED) is 0.657. The number of piperazine rings is 1. The van der Waals surface area contributed by atoms with Gasteiger partial charge in [-0.15, -0.1) is 0 Å². The van der Waals surface area contributed by atoms with Gasteiger partial charge >= 0.3 is 0 Å². The SMILES string of the molecule is CCOc1c(C)cc(S(=O)(=O)N2CCN(c3nc(C)cc(N4CCCC4)n3)CC2)cc1C. The Morgan fingerprint density at radius 1 is 0.875 bits per heavy atom. The molecule has 0 saturated carbocycles. The monoisotopic (exact) mass is 459 g/mol. The van der Waals surface area contributed by atoms with Crippen molar-refractivity contribution in [3.63, 3.8) is 0 Å². The van der Waals surface area contributed by atoms with Gasteiger partial charge in [-0.2, -0.15) is 9.29 Å². The molecule has 2 aliphatic heterocycles. The van der Waals surface area contributed by atoms with Crippen molar-refractivity contribution in [1.82, 2.24) is 14.3 Å². The van der Waals surface area contributed by atoms with Crippen LogP contribution in [0, 0.1) is 20.8 Å². The van der Waals surface area contributed by atoms with Crippen molar-refractivity contribution < 1.29 is 13.2 Å². The number of ether oxygens (including phenoxy) is 1. The van der Waals surface area contributed by atoms with E-state index in [2.05, 4.69) is 14.8 Å². The highest BCUT2D eigenvalue weighted by Crippen LogP contribution is 2.29. The molecule has 0 N–H and O–H groups in total. The standard InChI is InChI=1S/C23H33N5O3S/c1-5-31-22-17(2)14-20(15-18(22)3)32(29,30)28-12-10-27(11-13-28)23-24-19(4)16-21(25-23)26-8-6-7-9-26/h14-16H,5-13H2,1-4H3. The van der Waals surface area contributed by atoms with Crippen molar-refractivity contribution in [1.29, 1.82) is 0 Å². The molecule has 3 heterocycles. The molecule has 1 aromatic heterocycles. The molecule has 0 bridgehead atoms. The Kier molecular flexibility index (Phi) is 6.57. The second kappa shape index (κ2) is 9.23. The highest BCUT2D eigenvalue weighted by molar-refractivity contribution is 7.89. The third-order valence-electron chi connectivity index (χ3n) is 6.14. The summed E-state index contributed by atoms with van der Waals surface area (Å²) < 4.78 is 33.9. The predicted molar refractivity (Wildman–Crippen MR) is 126 cm³/mol. The molecule has 0 unspecified atom stereocenters. The fraction of sp³-hybridized carbons (Fsp3) is 0.565. The lowest BCUT2D eigenvalue weighted by molar-refractivity contribution is 0.335. The van der Waals surface area contributed by atoms with Gasteiger partial charge in [-0.3, -0.25) is 0 Å². The van der Waals surface area contributed by atoms with Crippen molar-refractivity contribution in [2.24, 2.45) is 0 Å². The normalized spacial score (nSPS) is 17.8. The molecule has 9 heteroatoms. The number of benzene rings is 1. The van der Waals surface area contributed by atoms with Gasteiger partial charge in [-0.25, -0.2) is 13.4 Å². The van der Waals surface area contributed by atoms with Gasteiger partial charge in [-0.1, -0.05) is 0 Å². The molecule has 0 spiro atoms. The Labute approximate surface area is 191 Å². The second-order valence-corrected chi connectivity index (χ2v) is 10.5. The van der Waals surface area contributed by atoms with E-state index in [9.17, 15) is 8.42 Å². The third kappa shape index (κ3) is 4.54. The van der Waals surface area contributed by atoms with E-state index in [0.717, 1.165) is 41.5 Å². The molecule has 0 radical (unpaired) electrons. The molecule has 0 atom stereocenters. The van der Waals surface area contributed by atoms with Gasteiger partial charge in [0.25, 0.3) is 0 Å². The molecular weight excluding hydrogens is 426 g/mol. The van der Waals surface area contributed by atoms with Gasteiger partial charge in [0, 0.05) is 51.0 Å². The summed E-state index contributed by atoms with van der Waals surface area (Å²) in [6, 6.07) is 5.46. The van der Waals surface area contributed by atoms with Crippen LogP contribution in [0.15, 0.2) is 23.1 Å². The van der Waals surface area contributed by atoms with E-state index in [1.54, 1.807) is 16.4 Å². The van der Waals surface area contributed by atoms with Crippen LogP contribution < -0.4 is 14.5 Å². The lowest BCUT2D eigenvalue weighted by Crippen LogP contribution is -2.49. The molecule has 2 fully saturated rings. The van der Waals surface area contributed by atoms with Crippen LogP contribution in [0.5, 0.6) is 5.75 Å². The number of hydrogen-bond donors (Lipinski definition) is 0. The van der Waals surface area contributed by atoms with Crippen LogP contribution in [0.1, 0.15) is 36.6 Å². The number of rotatable bonds is 6. The van der Waals surface area contributed by atoms with Crippen LogP contribution in [0.25, 0.3) is 0 Å². The van der Waals surface area contributed by atoms with Crippen molar-refractivity contribution in [2.45, 2.75) is 45.4 Å². The Bertz CT molecular complexity index is 1050. The Balaban J connectivity index is 1.49. The minimum atomic E-state index is -3.57. The Hall–Kier alpha value is -2.39. The zero-order valence-corrected chi connectivity index (χ0v) is 20.3. The zero-order valence-electron chi connectivity index (χ0n) is 19.5. The van der Waals surface area contributed by atoms with Gasteiger partial charge in [0.15, 0.2) is 0 Å². The predicted octanol–water partition coefficient (Wildman–Crippen LogP) is 2.91. The zero-order chi connectivity index (χ0) is 22.9. The van der Waals surface area contributed by atoms with E-state index in [0.29, 0.717) is 43.6 Å². The highest BCUT2D eigenvalue weighted by Gasteiger charge is 2.30. The van der Waals surface area contributed by atoms with Crippen molar-refractivity contribution in [2.75, 3.05) is 55.7 Å². The van der Waals surface area contributed by atoms with Crippen LogP contribution in [-0.4, -0.2) is 68.6 Å². The lowest BCUT2D eigenvalue weighted by atomic mass is 10.1. The number of aromatic nitrogens is 2. The van der Waals surface area contributed by atoms with Gasteiger partial charge in [0.2, 0.25) is 16.0 Å². The lowest BCUT2D eigenvalue weighted by Gasteiger charge is -2.34. The van der Waals surface area contributed by atoms with Crippen LogP contribution in [0.4, 0.5) is 11.8 Å². The number of anilines is 2. The number of sulfonamides is 1. The molecule has 0 amide bonds. The van der Waals surface area contributed by atoms with Crippen molar-refractivity contribution in [3.8, 4) is 5.75 Å². The van der Waals surface area contributed by atoms with E-state index in [1.165, 1.54) is 12.8 Å². The highest BCUT2D eigenvalue weighted by atomic mass is 32.2. The van der Waals surface area contributed by atoms with E-state index in [-0.39, 0.29) is 0 Å². The Morgan fingerprint density at radius 2 is 1.50 bits per heavy atom. The minimum Gasteiger partial charge on any atom is -0.493 e. The number of aryl methyl sites for hydroxylation is 3. The molecule has 0 aliphatic carbocycles. The van der Waals surface area contributed by atoms with E-state index in [1.807, 2.05) is 33.8 Å². The molecule has 1 aromatic carbocycles. The summed E-state index contributed by atoms with van der Waals surface area (Å²) in [6.45, 7) is 12.3. The first kappa shape index (κ1) is 22.8. The first-order valence-electron chi connectivity index (χ1n) is 11.4. The summed E-state index contributed by atoms with van der Waals surface area (Å²) in [6.07, 6.45) is 2.39. The molecular formula is C23H33N5O3S. The maximum Gasteiger partial charge on any atom is 0.243 e. The van der Waals surface area contributed by atoms with Gasteiger partial charge in [0.1, 0.15) is 11.6 Å². The molecule has 174 valence electrons.